The fraction of sp³-hybridized carbons (Fsp3) is 0.533. The normalized spacial score (nSPS) is 17.7. The van der Waals surface area contributed by atoms with E-state index in [9.17, 15) is 14.9 Å². The molecule has 1 N–H and O–H groups in total. The van der Waals surface area contributed by atoms with Gasteiger partial charge in [-0.25, -0.2) is 4.79 Å². The van der Waals surface area contributed by atoms with Gasteiger partial charge in [0.05, 0.1) is 12.0 Å². The first-order valence-electron chi connectivity index (χ1n) is 7.43. The van der Waals surface area contributed by atoms with E-state index in [1.54, 1.807) is 6.07 Å². The van der Waals surface area contributed by atoms with Crippen molar-refractivity contribution in [1.29, 1.82) is 0 Å². The Labute approximate surface area is 146 Å². The molecule has 1 atom stereocenters. The summed E-state index contributed by atoms with van der Waals surface area (Å²) in [5, 5.41) is 14.5. The molecule has 9 heteroatoms. The average Bonchev–Trinajstić information content (AvgIpc) is 2.55. The van der Waals surface area contributed by atoms with Crippen LogP contribution in [0.4, 0.5) is 5.69 Å². The van der Waals surface area contributed by atoms with Gasteiger partial charge in [-0.05, 0) is 18.6 Å². The van der Waals surface area contributed by atoms with Crippen molar-refractivity contribution in [3.05, 3.63) is 33.9 Å². The summed E-state index contributed by atoms with van der Waals surface area (Å²) < 4.78 is 9.64. The molecule has 0 spiro atoms. The number of rotatable bonds is 6. The zero-order chi connectivity index (χ0) is 16.8. The summed E-state index contributed by atoms with van der Waals surface area (Å²) in [6, 6.07) is 5.19. The molecule has 24 heavy (non-hydrogen) atoms. The number of nitrogens with one attached hydrogen (secondary N) is 1. The average molecular weight is 360 g/mol. The minimum absolute atomic E-state index is 0. The Hall–Kier alpha value is -1.90. The number of nitro groups is 1. The fourth-order valence-corrected chi connectivity index (χ4v) is 2.47. The van der Waals surface area contributed by atoms with Gasteiger partial charge in [0.25, 0.3) is 0 Å². The molecule has 8 nitrogen and oxygen atoms in total. The second-order valence-electron chi connectivity index (χ2n) is 5.45. The molecule has 0 aliphatic carbocycles. The number of nitrogens with zero attached hydrogens (tertiary/aromatic N) is 2. The maximum Gasteiger partial charge on any atom is 0.343 e. The number of carbonyl (C=O) groups excluding carboxylic acids is 1. The monoisotopic (exact) mass is 359 g/mol. The number of piperazine rings is 1. The number of halogens is 1. The van der Waals surface area contributed by atoms with Gasteiger partial charge in [0.2, 0.25) is 0 Å². The Bertz CT molecular complexity index is 584. The van der Waals surface area contributed by atoms with E-state index in [1.165, 1.54) is 19.2 Å². The minimum atomic E-state index is -0.585. The largest absolute Gasteiger partial charge is 0.475 e. The molecule has 134 valence electrons. The van der Waals surface area contributed by atoms with E-state index in [-0.39, 0.29) is 30.5 Å². The number of hydrogen-bond acceptors (Lipinski definition) is 7. The van der Waals surface area contributed by atoms with Gasteiger partial charge in [-0.2, -0.15) is 0 Å². The molecule has 0 bridgehead atoms. The van der Waals surface area contributed by atoms with Crippen molar-refractivity contribution in [3.8, 4) is 5.75 Å². The molecule has 1 aromatic rings. The summed E-state index contributed by atoms with van der Waals surface area (Å²) in [4.78, 5) is 24.1. The molecule has 0 saturated carbocycles. The molecular weight excluding hydrogens is 338 g/mol. The quantitative estimate of drug-likeness (QED) is 0.465. The molecule has 1 aliphatic rings. The molecule has 1 aromatic carbocycles. The van der Waals surface area contributed by atoms with Crippen LogP contribution in [0.15, 0.2) is 18.2 Å². The van der Waals surface area contributed by atoms with Crippen LogP contribution in [-0.4, -0.2) is 55.2 Å². The number of esters is 1. The fourth-order valence-electron chi connectivity index (χ4n) is 2.47. The van der Waals surface area contributed by atoms with Gasteiger partial charge in [0.1, 0.15) is 0 Å². The Kier molecular flexibility index (Phi) is 7.90. The number of ether oxygens (including phenoxy) is 2. The SMILES string of the molecule is COC(=O)COc1ccc(CN2CCNCC2C)cc1[N+](=O)[O-].Cl. The topological polar surface area (TPSA) is 93.9 Å². The maximum absolute atomic E-state index is 11.2. The van der Waals surface area contributed by atoms with Crippen molar-refractivity contribution in [2.24, 2.45) is 0 Å². The molecule has 2 rings (SSSR count). The van der Waals surface area contributed by atoms with Crippen LogP contribution in [0.3, 0.4) is 0 Å². The molecule has 1 unspecified atom stereocenters. The van der Waals surface area contributed by atoms with Crippen molar-refractivity contribution < 1.29 is 19.2 Å². The van der Waals surface area contributed by atoms with Gasteiger partial charge < -0.3 is 14.8 Å². The summed E-state index contributed by atoms with van der Waals surface area (Å²) in [5.41, 5.74) is 0.699. The summed E-state index contributed by atoms with van der Waals surface area (Å²) in [6.07, 6.45) is 0. The number of benzene rings is 1. The van der Waals surface area contributed by atoms with Gasteiger partial charge in [-0.1, -0.05) is 6.07 Å². The van der Waals surface area contributed by atoms with Crippen molar-refractivity contribution in [2.75, 3.05) is 33.4 Å². The summed E-state index contributed by atoms with van der Waals surface area (Å²) in [7, 11) is 1.23. The van der Waals surface area contributed by atoms with Crippen molar-refractivity contribution in [2.45, 2.75) is 19.5 Å². The highest BCUT2D eigenvalue weighted by Gasteiger charge is 2.21. The Morgan fingerprint density at radius 3 is 2.88 bits per heavy atom. The van der Waals surface area contributed by atoms with Crippen LogP contribution < -0.4 is 10.1 Å². The van der Waals surface area contributed by atoms with E-state index >= 15 is 0 Å². The molecule has 1 aliphatic heterocycles. The molecule has 0 radical (unpaired) electrons. The predicted molar refractivity (Wildman–Crippen MR) is 90.6 cm³/mol. The number of nitro benzene ring substituents is 1. The van der Waals surface area contributed by atoms with Gasteiger partial charge in [-0.15, -0.1) is 12.4 Å². The van der Waals surface area contributed by atoms with E-state index in [0.29, 0.717) is 12.6 Å². The van der Waals surface area contributed by atoms with E-state index in [4.69, 9.17) is 4.74 Å². The number of hydrogen-bond donors (Lipinski definition) is 1. The summed E-state index contributed by atoms with van der Waals surface area (Å²) >= 11 is 0. The minimum Gasteiger partial charge on any atom is -0.475 e. The summed E-state index contributed by atoms with van der Waals surface area (Å²) in [6.45, 7) is 5.12. The van der Waals surface area contributed by atoms with Crippen molar-refractivity contribution >= 4 is 24.1 Å². The third-order valence-corrected chi connectivity index (χ3v) is 3.82. The maximum atomic E-state index is 11.2. The lowest BCUT2D eigenvalue weighted by molar-refractivity contribution is -0.385. The molecule has 1 fully saturated rings. The van der Waals surface area contributed by atoms with Crippen molar-refractivity contribution in [1.82, 2.24) is 10.2 Å². The third-order valence-electron chi connectivity index (χ3n) is 3.82. The Balaban J connectivity index is 0.00000288. The van der Waals surface area contributed by atoms with Crippen LogP contribution in [-0.2, 0) is 16.1 Å². The van der Waals surface area contributed by atoms with Crippen molar-refractivity contribution in [3.63, 3.8) is 0 Å². The highest BCUT2D eigenvalue weighted by atomic mass is 35.5. The first-order chi connectivity index (χ1) is 11.0. The van der Waals surface area contributed by atoms with Crippen LogP contribution in [0.1, 0.15) is 12.5 Å². The van der Waals surface area contributed by atoms with Gasteiger partial charge in [0, 0.05) is 38.3 Å². The van der Waals surface area contributed by atoms with Crippen LogP contribution in [0, 0.1) is 10.1 Å². The first kappa shape index (κ1) is 20.1. The van der Waals surface area contributed by atoms with Gasteiger partial charge >= 0.3 is 11.7 Å². The van der Waals surface area contributed by atoms with Crippen LogP contribution in [0.2, 0.25) is 0 Å². The zero-order valence-corrected chi connectivity index (χ0v) is 14.5. The molecular formula is C15H22ClN3O5. The van der Waals surface area contributed by atoms with E-state index in [1.807, 2.05) is 0 Å². The highest BCUT2D eigenvalue weighted by Crippen LogP contribution is 2.28. The predicted octanol–water partition coefficient (Wildman–Crippen LogP) is 1.36. The van der Waals surface area contributed by atoms with E-state index < -0.39 is 10.9 Å². The lowest BCUT2D eigenvalue weighted by Gasteiger charge is -2.33. The highest BCUT2D eigenvalue weighted by molar-refractivity contribution is 5.85. The second kappa shape index (κ2) is 9.41. The Morgan fingerprint density at radius 2 is 2.25 bits per heavy atom. The third kappa shape index (κ3) is 5.33. The standard InChI is InChI=1S/C15H21N3O5.ClH/c1-11-8-16-5-6-17(11)9-12-3-4-14(13(7-12)18(20)21)23-10-15(19)22-2;/h3-4,7,11,16H,5-6,8-10H2,1-2H3;1H. The number of methoxy groups -OCH3 is 1. The molecule has 0 amide bonds. The van der Waals surface area contributed by atoms with E-state index in [0.717, 1.165) is 25.2 Å². The lowest BCUT2D eigenvalue weighted by atomic mass is 10.1. The van der Waals surface area contributed by atoms with Crippen LogP contribution in [0.5, 0.6) is 5.75 Å². The molecule has 0 aromatic heterocycles. The summed E-state index contributed by atoms with van der Waals surface area (Å²) in [5.74, 6) is -0.518. The smallest absolute Gasteiger partial charge is 0.343 e. The Morgan fingerprint density at radius 1 is 1.50 bits per heavy atom. The number of carbonyl (C=O) groups is 1. The van der Waals surface area contributed by atoms with Gasteiger partial charge in [-0.3, -0.25) is 15.0 Å². The first-order valence-corrected chi connectivity index (χ1v) is 7.43. The molecule has 1 heterocycles. The van der Waals surface area contributed by atoms with Gasteiger partial charge in [0.15, 0.2) is 12.4 Å². The van der Waals surface area contributed by atoms with E-state index in [2.05, 4.69) is 21.9 Å². The molecule has 1 saturated heterocycles. The lowest BCUT2D eigenvalue weighted by Crippen LogP contribution is -2.49. The van der Waals surface area contributed by atoms with Crippen LogP contribution in [0.25, 0.3) is 0 Å². The van der Waals surface area contributed by atoms with Crippen LogP contribution >= 0.6 is 12.4 Å². The second-order valence-corrected chi connectivity index (χ2v) is 5.45. The zero-order valence-electron chi connectivity index (χ0n) is 13.7.